The van der Waals surface area contributed by atoms with E-state index in [1.807, 2.05) is 24.3 Å². The van der Waals surface area contributed by atoms with Gasteiger partial charge in [-0.2, -0.15) is 18.2 Å². The second-order valence-electron chi connectivity index (χ2n) is 1.44. The smallest absolute Gasteiger partial charge is 0.522 e. The quantitative estimate of drug-likeness (QED) is 0.527. The van der Waals surface area contributed by atoms with Crippen LogP contribution in [0.2, 0.25) is 0 Å². The van der Waals surface area contributed by atoms with Crippen LogP contribution in [-0.2, 0) is 0 Å². The molecule has 3 heteroatoms. The van der Waals surface area contributed by atoms with Gasteiger partial charge in [0.15, 0.2) is 0 Å². The van der Waals surface area contributed by atoms with Crippen molar-refractivity contribution in [3.8, 4) is 5.75 Å². The van der Waals surface area contributed by atoms with Crippen molar-refractivity contribution >= 4 is 40.0 Å². The van der Waals surface area contributed by atoms with Crippen molar-refractivity contribution in [2.24, 2.45) is 0 Å². The van der Waals surface area contributed by atoms with Gasteiger partial charge in [0.1, 0.15) is 0 Å². The van der Waals surface area contributed by atoms with Gasteiger partial charge in [-0.1, -0.05) is 0 Å². The third kappa shape index (κ3) is 6.66. The molecule has 0 aliphatic carbocycles. The molecule has 0 radical (unpaired) electrons. The van der Waals surface area contributed by atoms with Gasteiger partial charge >= 0.3 is 23.1 Å². The molecule has 0 aliphatic heterocycles. The summed E-state index contributed by atoms with van der Waals surface area (Å²) in [5.41, 5.74) is 0. The Kier molecular flexibility index (Phi) is 16.2. The maximum atomic E-state index is 4.89. The van der Waals surface area contributed by atoms with Crippen LogP contribution >= 0.6 is 17.0 Å². The summed E-state index contributed by atoms with van der Waals surface area (Å²) in [5.74, 6) is 0.878. The maximum Gasteiger partial charge on any atom is 2.00 e. The molecule has 0 N–H and O–H groups in total. The van der Waals surface area contributed by atoms with E-state index in [-0.39, 0.29) is 47.5 Å². The Morgan fingerprint density at radius 1 is 1.27 bits per heavy atom. The summed E-state index contributed by atoms with van der Waals surface area (Å²) in [4.78, 5) is 0. The van der Waals surface area contributed by atoms with Gasteiger partial charge in [0.2, 0.25) is 0 Å². The predicted octanol–water partition coefficient (Wildman–Crippen LogP) is 2.14. The van der Waals surface area contributed by atoms with Crippen LogP contribution in [0.25, 0.3) is 0 Å². The van der Waals surface area contributed by atoms with Crippen LogP contribution in [-0.4, -0.2) is 30.2 Å². The van der Waals surface area contributed by atoms with Crippen molar-refractivity contribution in [1.29, 1.82) is 0 Å². The number of ether oxygens (including phenoxy) is 1. The summed E-state index contributed by atoms with van der Waals surface area (Å²) in [6.07, 6.45) is 0. The average Bonchev–Trinajstić information content (AvgIpc) is 1.90. The van der Waals surface area contributed by atoms with E-state index in [0.717, 1.165) is 5.75 Å². The SMILES string of the molecule is Br.COc1cc[c-]cc1.[CH3-].[Mg+2]. The van der Waals surface area contributed by atoms with Crippen molar-refractivity contribution < 1.29 is 4.74 Å². The van der Waals surface area contributed by atoms with E-state index in [0.29, 0.717) is 0 Å². The van der Waals surface area contributed by atoms with Gasteiger partial charge in [0.05, 0.1) is 7.11 Å². The summed E-state index contributed by atoms with van der Waals surface area (Å²) in [7, 11) is 1.65. The summed E-state index contributed by atoms with van der Waals surface area (Å²) in [6.45, 7) is 0. The van der Waals surface area contributed by atoms with Crippen molar-refractivity contribution in [2.75, 3.05) is 7.11 Å². The van der Waals surface area contributed by atoms with Crippen LogP contribution in [0.4, 0.5) is 0 Å². The van der Waals surface area contributed by atoms with E-state index in [9.17, 15) is 0 Å². The average molecular weight is 227 g/mol. The molecule has 1 aromatic carbocycles. The molecule has 0 aromatic heterocycles. The number of hydrogen-bond donors (Lipinski definition) is 0. The molecule has 0 fully saturated rings. The topological polar surface area (TPSA) is 9.23 Å². The predicted molar refractivity (Wildman–Crippen MR) is 54.3 cm³/mol. The van der Waals surface area contributed by atoms with Gasteiger partial charge in [0.25, 0.3) is 0 Å². The fraction of sp³-hybridized carbons (Fsp3) is 0.125. The summed E-state index contributed by atoms with van der Waals surface area (Å²) in [6, 6.07) is 10.2. The van der Waals surface area contributed by atoms with Crippen LogP contribution in [0.3, 0.4) is 0 Å². The fourth-order valence-electron chi connectivity index (χ4n) is 0.508. The molecular formula is C8H11BrMgO. The van der Waals surface area contributed by atoms with Gasteiger partial charge in [-0.3, -0.25) is 0 Å². The summed E-state index contributed by atoms with van der Waals surface area (Å²) in [5, 5.41) is 0. The van der Waals surface area contributed by atoms with Gasteiger partial charge in [-0.05, 0) is 0 Å². The van der Waals surface area contributed by atoms with Crippen molar-refractivity contribution in [3.63, 3.8) is 0 Å². The number of rotatable bonds is 1. The summed E-state index contributed by atoms with van der Waals surface area (Å²) >= 11 is 0. The summed E-state index contributed by atoms with van der Waals surface area (Å²) < 4.78 is 4.89. The minimum Gasteiger partial charge on any atom is -0.522 e. The van der Waals surface area contributed by atoms with E-state index < -0.39 is 0 Å². The molecule has 1 aromatic rings. The minimum absolute atomic E-state index is 0. The molecule has 0 heterocycles. The zero-order valence-corrected chi connectivity index (χ0v) is 9.96. The molecule has 58 valence electrons. The minimum atomic E-state index is 0. The molecule has 0 saturated heterocycles. The Balaban J connectivity index is -0.000000213. The normalized spacial score (nSPS) is 6.27. The Labute approximate surface area is 95.1 Å². The Bertz CT molecular complexity index is 155. The molecule has 0 saturated carbocycles. The Hall–Kier alpha value is 0.266. The molecule has 1 nitrogen and oxygen atoms in total. The molecule has 0 spiro atoms. The van der Waals surface area contributed by atoms with Gasteiger partial charge < -0.3 is 12.2 Å². The van der Waals surface area contributed by atoms with E-state index in [2.05, 4.69) is 6.07 Å². The zero-order chi connectivity index (χ0) is 5.82. The Morgan fingerprint density at radius 3 is 2.00 bits per heavy atom. The largest absolute Gasteiger partial charge is 2.00 e. The third-order valence-electron chi connectivity index (χ3n) is 0.923. The fourth-order valence-corrected chi connectivity index (χ4v) is 0.508. The first-order valence-corrected chi connectivity index (χ1v) is 2.43. The van der Waals surface area contributed by atoms with Crippen molar-refractivity contribution in [2.45, 2.75) is 0 Å². The molecule has 0 aliphatic rings. The molecule has 1 rings (SSSR count). The first-order chi connectivity index (χ1) is 3.93. The standard InChI is InChI=1S/C7H7O.CH3.BrH.Mg/c1-8-7-5-3-2-4-6-7;;;/h3-6H,1H3;1H3;1H;/q2*-1;;+2. The molecule has 0 atom stereocenters. The molecular weight excluding hydrogens is 216 g/mol. The molecule has 0 unspecified atom stereocenters. The van der Waals surface area contributed by atoms with Gasteiger partial charge in [-0.25, -0.2) is 0 Å². The zero-order valence-electron chi connectivity index (χ0n) is 6.83. The maximum absolute atomic E-state index is 4.89. The number of benzene rings is 1. The molecule has 11 heavy (non-hydrogen) atoms. The van der Waals surface area contributed by atoms with Crippen LogP contribution in [0, 0.1) is 13.5 Å². The first-order valence-electron chi connectivity index (χ1n) is 2.43. The van der Waals surface area contributed by atoms with Gasteiger partial charge in [0, 0.05) is 5.75 Å². The number of methoxy groups -OCH3 is 1. The van der Waals surface area contributed by atoms with E-state index in [1.165, 1.54) is 0 Å². The van der Waals surface area contributed by atoms with Crippen molar-refractivity contribution in [1.82, 2.24) is 0 Å². The van der Waals surface area contributed by atoms with E-state index >= 15 is 0 Å². The number of hydrogen-bond acceptors (Lipinski definition) is 1. The second kappa shape index (κ2) is 10.3. The monoisotopic (exact) mass is 226 g/mol. The molecule has 0 bridgehead atoms. The van der Waals surface area contributed by atoms with E-state index in [1.54, 1.807) is 7.11 Å². The first kappa shape index (κ1) is 17.4. The number of halogens is 1. The van der Waals surface area contributed by atoms with Gasteiger partial charge in [-0.15, -0.1) is 29.1 Å². The van der Waals surface area contributed by atoms with Crippen LogP contribution < -0.4 is 4.74 Å². The van der Waals surface area contributed by atoms with Crippen LogP contribution in [0.15, 0.2) is 24.3 Å². The van der Waals surface area contributed by atoms with Crippen LogP contribution in [0.1, 0.15) is 0 Å². The van der Waals surface area contributed by atoms with E-state index in [4.69, 9.17) is 4.74 Å². The van der Waals surface area contributed by atoms with Crippen molar-refractivity contribution in [3.05, 3.63) is 37.8 Å². The molecule has 0 amide bonds. The van der Waals surface area contributed by atoms with Crippen LogP contribution in [0.5, 0.6) is 5.75 Å². The third-order valence-corrected chi connectivity index (χ3v) is 0.923. The second-order valence-corrected chi connectivity index (χ2v) is 1.44. The Morgan fingerprint density at radius 2 is 1.73 bits per heavy atom.